The quantitative estimate of drug-likeness (QED) is 0.247. The average Bonchev–Trinajstić information content (AvgIpc) is 2.82. The first kappa shape index (κ1) is 22.7. The lowest BCUT2D eigenvalue weighted by Gasteiger charge is -2.31. The fraction of sp³-hybridized carbons (Fsp3) is 0.320. The second-order valence-electron chi connectivity index (χ2n) is 8.01. The number of rotatable bonds is 7. The maximum atomic E-state index is 12.7. The van der Waals surface area contributed by atoms with Gasteiger partial charge in [0.05, 0.1) is 12.1 Å². The van der Waals surface area contributed by atoms with Crippen molar-refractivity contribution in [3.63, 3.8) is 0 Å². The number of Topliss-reactive ketones (excluding diaryl/α,β-unsaturated/α-hetero) is 1. The molecule has 4 rings (SSSR count). The third kappa shape index (κ3) is 6.04. The van der Waals surface area contributed by atoms with Gasteiger partial charge in [0, 0.05) is 38.9 Å². The second kappa shape index (κ2) is 10.9. The standard InChI is InChI=1S/C25H26IN3O3/c26-21-6-4-18(5-7-21)24(30)19-10-14-29(15-11-19)13-2-16-32-25(31)28-22-8-9-23-20(17-22)3-1-12-27-23/h1,3-9,12,17,19H,2,10-11,13-16H2,(H,28,31). The maximum Gasteiger partial charge on any atom is 0.411 e. The minimum Gasteiger partial charge on any atom is -0.449 e. The number of nitrogens with zero attached hydrogens (tertiary/aromatic N) is 2. The van der Waals surface area contributed by atoms with Gasteiger partial charge < -0.3 is 9.64 Å². The molecule has 1 aliphatic rings. The Labute approximate surface area is 201 Å². The van der Waals surface area contributed by atoms with Crippen LogP contribution in [0.15, 0.2) is 60.8 Å². The normalized spacial score (nSPS) is 14.9. The molecule has 0 aliphatic carbocycles. The Hall–Kier alpha value is -2.52. The minimum atomic E-state index is -0.449. The molecule has 7 heteroatoms. The Bertz CT molecular complexity index is 1080. The van der Waals surface area contributed by atoms with E-state index >= 15 is 0 Å². The van der Waals surface area contributed by atoms with Gasteiger partial charge in [0.25, 0.3) is 0 Å². The molecule has 166 valence electrons. The van der Waals surface area contributed by atoms with E-state index in [0.717, 1.165) is 58.9 Å². The Morgan fingerprint density at radius 3 is 2.66 bits per heavy atom. The predicted octanol–water partition coefficient (Wildman–Crippen LogP) is 5.37. The van der Waals surface area contributed by atoms with Gasteiger partial charge in [0.1, 0.15) is 0 Å². The van der Waals surface area contributed by atoms with Crippen LogP contribution in [0.25, 0.3) is 10.9 Å². The third-order valence-corrected chi connectivity index (χ3v) is 6.51. The summed E-state index contributed by atoms with van der Waals surface area (Å²) in [5.74, 6) is 0.357. The first-order valence-corrected chi connectivity index (χ1v) is 12.0. The van der Waals surface area contributed by atoms with E-state index in [0.29, 0.717) is 12.3 Å². The zero-order chi connectivity index (χ0) is 22.3. The largest absolute Gasteiger partial charge is 0.449 e. The number of ketones is 1. The fourth-order valence-electron chi connectivity index (χ4n) is 4.03. The number of hydrogen-bond donors (Lipinski definition) is 1. The van der Waals surface area contributed by atoms with Gasteiger partial charge in [0.15, 0.2) is 5.78 Å². The first-order valence-electron chi connectivity index (χ1n) is 10.9. The van der Waals surface area contributed by atoms with Crippen molar-refractivity contribution in [3.05, 3.63) is 69.9 Å². The molecule has 0 saturated carbocycles. The van der Waals surface area contributed by atoms with Crippen LogP contribution in [-0.2, 0) is 4.74 Å². The maximum absolute atomic E-state index is 12.7. The Kier molecular flexibility index (Phi) is 7.70. The van der Waals surface area contributed by atoms with Crippen molar-refractivity contribution in [1.82, 2.24) is 9.88 Å². The van der Waals surface area contributed by atoms with Crippen molar-refractivity contribution in [2.24, 2.45) is 5.92 Å². The van der Waals surface area contributed by atoms with Crippen molar-refractivity contribution in [3.8, 4) is 0 Å². The number of carbonyl (C=O) groups excluding carboxylic acids is 2. The highest BCUT2D eigenvalue weighted by molar-refractivity contribution is 14.1. The van der Waals surface area contributed by atoms with Crippen LogP contribution in [0.1, 0.15) is 29.6 Å². The number of pyridine rings is 1. The third-order valence-electron chi connectivity index (χ3n) is 5.79. The number of anilines is 1. The molecule has 1 amide bonds. The molecule has 1 fully saturated rings. The summed E-state index contributed by atoms with van der Waals surface area (Å²) in [7, 11) is 0. The van der Waals surface area contributed by atoms with Crippen molar-refractivity contribution in [2.75, 3.05) is 31.6 Å². The number of benzene rings is 2. The number of likely N-dealkylation sites (tertiary alicyclic amines) is 1. The number of fused-ring (bicyclic) bond motifs is 1. The second-order valence-corrected chi connectivity index (χ2v) is 9.26. The van der Waals surface area contributed by atoms with Gasteiger partial charge in [-0.25, -0.2) is 4.79 Å². The van der Waals surface area contributed by atoms with E-state index in [1.54, 1.807) is 6.20 Å². The highest BCUT2D eigenvalue weighted by Gasteiger charge is 2.25. The lowest BCUT2D eigenvalue weighted by molar-refractivity contribution is 0.0830. The summed E-state index contributed by atoms with van der Waals surface area (Å²) in [6.45, 7) is 3.03. The lowest BCUT2D eigenvalue weighted by atomic mass is 9.89. The van der Waals surface area contributed by atoms with Crippen LogP contribution in [0.3, 0.4) is 0 Å². The molecule has 2 aromatic carbocycles. The molecule has 1 aromatic heterocycles. The highest BCUT2D eigenvalue weighted by atomic mass is 127. The first-order chi connectivity index (χ1) is 15.6. The molecule has 0 spiro atoms. The molecule has 6 nitrogen and oxygen atoms in total. The summed E-state index contributed by atoms with van der Waals surface area (Å²) in [4.78, 5) is 31.4. The van der Waals surface area contributed by atoms with E-state index in [2.05, 4.69) is 37.8 Å². The number of amides is 1. The van der Waals surface area contributed by atoms with Gasteiger partial charge in [-0.1, -0.05) is 18.2 Å². The molecule has 32 heavy (non-hydrogen) atoms. The van der Waals surface area contributed by atoms with Crippen molar-refractivity contribution in [1.29, 1.82) is 0 Å². The molecule has 0 unspecified atom stereocenters. The SMILES string of the molecule is O=C(Nc1ccc2ncccc2c1)OCCCN1CCC(C(=O)c2ccc(I)cc2)CC1. The molecule has 3 aromatic rings. The molecular weight excluding hydrogens is 517 g/mol. The Balaban J connectivity index is 1.14. The number of piperidine rings is 1. The summed E-state index contributed by atoms with van der Waals surface area (Å²) in [5, 5.41) is 3.74. The molecular formula is C25H26IN3O3. The summed E-state index contributed by atoms with van der Waals surface area (Å²) < 4.78 is 6.47. The van der Waals surface area contributed by atoms with Crippen LogP contribution in [-0.4, -0.2) is 48.0 Å². The van der Waals surface area contributed by atoms with Gasteiger partial charge in [-0.3, -0.25) is 15.1 Å². The number of hydrogen-bond acceptors (Lipinski definition) is 5. The topological polar surface area (TPSA) is 71.5 Å². The average molecular weight is 543 g/mol. The minimum absolute atomic E-state index is 0.102. The van der Waals surface area contributed by atoms with Crippen molar-refractivity contribution < 1.29 is 14.3 Å². The van der Waals surface area contributed by atoms with Crippen LogP contribution in [0.2, 0.25) is 0 Å². The molecule has 0 radical (unpaired) electrons. The predicted molar refractivity (Wildman–Crippen MR) is 134 cm³/mol. The van der Waals surface area contributed by atoms with Gasteiger partial charge in [-0.2, -0.15) is 0 Å². The van der Waals surface area contributed by atoms with E-state index in [-0.39, 0.29) is 11.7 Å². The van der Waals surface area contributed by atoms with Crippen LogP contribution >= 0.6 is 22.6 Å². The molecule has 1 aliphatic heterocycles. The van der Waals surface area contributed by atoms with E-state index in [9.17, 15) is 9.59 Å². The smallest absolute Gasteiger partial charge is 0.411 e. The highest BCUT2D eigenvalue weighted by Crippen LogP contribution is 2.22. The van der Waals surface area contributed by atoms with Gasteiger partial charge >= 0.3 is 6.09 Å². The van der Waals surface area contributed by atoms with E-state index in [1.807, 2.05) is 54.6 Å². The summed E-state index contributed by atoms with van der Waals surface area (Å²) in [6.07, 6.45) is 3.82. The molecule has 0 bridgehead atoms. The van der Waals surface area contributed by atoms with Crippen LogP contribution in [0.4, 0.5) is 10.5 Å². The van der Waals surface area contributed by atoms with E-state index in [1.165, 1.54) is 0 Å². The Morgan fingerprint density at radius 1 is 1.09 bits per heavy atom. The lowest BCUT2D eigenvalue weighted by Crippen LogP contribution is -2.37. The van der Waals surface area contributed by atoms with Crippen LogP contribution in [0, 0.1) is 9.49 Å². The number of carbonyl (C=O) groups is 2. The number of nitrogens with one attached hydrogen (secondary N) is 1. The van der Waals surface area contributed by atoms with Crippen LogP contribution < -0.4 is 5.32 Å². The zero-order valence-corrected chi connectivity index (χ0v) is 20.0. The number of halogens is 1. The van der Waals surface area contributed by atoms with E-state index in [4.69, 9.17) is 4.74 Å². The van der Waals surface area contributed by atoms with E-state index < -0.39 is 6.09 Å². The van der Waals surface area contributed by atoms with Crippen LogP contribution in [0.5, 0.6) is 0 Å². The molecule has 1 saturated heterocycles. The molecule has 0 atom stereocenters. The zero-order valence-electron chi connectivity index (χ0n) is 17.8. The summed E-state index contributed by atoms with van der Waals surface area (Å²) in [6, 6.07) is 17.2. The van der Waals surface area contributed by atoms with Gasteiger partial charge in [-0.15, -0.1) is 0 Å². The molecule has 2 heterocycles. The monoisotopic (exact) mass is 543 g/mol. The molecule has 1 N–H and O–H groups in total. The van der Waals surface area contributed by atoms with Gasteiger partial charge in [0.2, 0.25) is 0 Å². The van der Waals surface area contributed by atoms with Gasteiger partial charge in [-0.05, 0) is 91.3 Å². The number of ether oxygens (including phenoxy) is 1. The fourth-order valence-corrected chi connectivity index (χ4v) is 4.39. The van der Waals surface area contributed by atoms with Crippen molar-refractivity contribution in [2.45, 2.75) is 19.3 Å². The Morgan fingerprint density at radius 2 is 1.88 bits per heavy atom. The summed E-state index contributed by atoms with van der Waals surface area (Å²) >= 11 is 2.25. The van der Waals surface area contributed by atoms with Crippen molar-refractivity contribution >= 4 is 51.1 Å². The number of aromatic nitrogens is 1. The summed E-state index contributed by atoms with van der Waals surface area (Å²) in [5.41, 5.74) is 2.39.